The summed E-state index contributed by atoms with van der Waals surface area (Å²) < 4.78 is 35.8. The van der Waals surface area contributed by atoms with Gasteiger partial charge < -0.3 is 4.90 Å². The monoisotopic (exact) mass is 327 g/mol. The zero-order valence-corrected chi connectivity index (χ0v) is 13.2. The first kappa shape index (κ1) is 15.8. The third-order valence-electron chi connectivity index (χ3n) is 3.13. The second-order valence-electron chi connectivity index (χ2n) is 4.86. The Morgan fingerprint density at radius 2 is 1.76 bits per heavy atom. The lowest BCUT2D eigenvalue weighted by molar-refractivity contribution is 0.602. The third-order valence-corrected chi connectivity index (χ3v) is 4.61. The largest absolute Gasteiger partial charge is 0.370 e. The Labute approximate surface area is 128 Å². The average molecular weight is 328 g/mol. The molecule has 0 fully saturated rings. The van der Waals surface area contributed by atoms with Crippen LogP contribution in [0.2, 0.25) is 5.02 Å². The summed E-state index contributed by atoms with van der Waals surface area (Å²) >= 11 is 6.00. The van der Waals surface area contributed by atoms with E-state index in [0.29, 0.717) is 11.6 Å². The highest BCUT2D eigenvalue weighted by atomic mass is 35.5. The molecule has 0 aliphatic rings. The van der Waals surface area contributed by atoms with Gasteiger partial charge in [0.1, 0.15) is 5.82 Å². The van der Waals surface area contributed by atoms with Crippen LogP contribution >= 0.6 is 11.6 Å². The van der Waals surface area contributed by atoms with E-state index < -0.39 is 9.84 Å². The molecule has 2 aromatic rings. The standard InChI is InChI=1S/C15H15ClFNO2S/c1-18(10-11-3-4-12(17)9-15(11)16)13-5-7-14(8-6-13)21(2,19)20/h3-9H,10H2,1-2H3. The number of halogens is 2. The van der Waals surface area contributed by atoms with Crippen LogP contribution in [0.5, 0.6) is 0 Å². The van der Waals surface area contributed by atoms with Crippen molar-refractivity contribution >= 4 is 27.1 Å². The Morgan fingerprint density at radius 1 is 1.14 bits per heavy atom. The minimum atomic E-state index is -3.20. The highest BCUT2D eigenvalue weighted by molar-refractivity contribution is 7.90. The summed E-state index contributed by atoms with van der Waals surface area (Å²) in [6.07, 6.45) is 1.17. The fourth-order valence-corrected chi connectivity index (χ4v) is 2.80. The smallest absolute Gasteiger partial charge is 0.175 e. The van der Waals surface area contributed by atoms with Crippen LogP contribution in [-0.2, 0) is 16.4 Å². The number of benzene rings is 2. The van der Waals surface area contributed by atoms with E-state index in [1.165, 1.54) is 18.4 Å². The summed E-state index contributed by atoms with van der Waals surface area (Å²) in [6.45, 7) is 0.497. The molecule has 0 aliphatic heterocycles. The molecule has 0 spiro atoms. The Kier molecular flexibility index (Phi) is 4.54. The van der Waals surface area contributed by atoms with Crippen molar-refractivity contribution in [2.24, 2.45) is 0 Å². The lowest BCUT2D eigenvalue weighted by Gasteiger charge is -2.20. The summed E-state index contributed by atoms with van der Waals surface area (Å²) in [5.41, 5.74) is 1.65. The Bertz CT molecular complexity index is 745. The molecule has 2 aromatic carbocycles. The molecule has 0 saturated carbocycles. The lowest BCUT2D eigenvalue weighted by atomic mass is 10.2. The van der Waals surface area contributed by atoms with Crippen LogP contribution in [0.1, 0.15) is 5.56 Å². The van der Waals surface area contributed by atoms with Crippen LogP contribution in [0.3, 0.4) is 0 Å². The van der Waals surface area contributed by atoms with E-state index in [-0.39, 0.29) is 10.7 Å². The molecule has 2 rings (SSSR count). The van der Waals surface area contributed by atoms with Crippen molar-refractivity contribution in [1.82, 2.24) is 0 Å². The number of hydrogen-bond donors (Lipinski definition) is 0. The fraction of sp³-hybridized carbons (Fsp3) is 0.200. The molecule has 0 aromatic heterocycles. The predicted molar refractivity (Wildman–Crippen MR) is 83.1 cm³/mol. The van der Waals surface area contributed by atoms with Crippen LogP contribution in [0.25, 0.3) is 0 Å². The van der Waals surface area contributed by atoms with Gasteiger partial charge in [0.15, 0.2) is 9.84 Å². The molecule has 0 radical (unpaired) electrons. The Balaban J connectivity index is 2.18. The van der Waals surface area contributed by atoms with E-state index in [9.17, 15) is 12.8 Å². The van der Waals surface area contributed by atoms with Gasteiger partial charge in [-0.3, -0.25) is 0 Å². The molecule has 3 nitrogen and oxygen atoms in total. The van der Waals surface area contributed by atoms with Crippen molar-refractivity contribution in [2.75, 3.05) is 18.2 Å². The lowest BCUT2D eigenvalue weighted by Crippen LogP contribution is -2.16. The molecular weight excluding hydrogens is 313 g/mol. The van der Waals surface area contributed by atoms with E-state index in [4.69, 9.17) is 11.6 Å². The summed E-state index contributed by atoms with van der Waals surface area (Å²) in [4.78, 5) is 2.19. The van der Waals surface area contributed by atoms with Crippen LogP contribution in [-0.4, -0.2) is 21.7 Å². The molecule has 0 heterocycles. The van der Waals surface area contributed by atoms with Crippen LogP contribution in [0.4, 0.5) is 10.1 Å². The van der Waals surface area contributed by atoms with Gasteiger partial charge in [-0.2, -0.15) is 0 Å². The number of rotatable bonds is 4. The van der Waals surface area contributed by atoms with Crippen molar-refractivity contribution in [3.63, 3.8) is 0 Å². The van der Waals surface area contributed by atoms with Crippen LogP contribution < -0.4 is 4.90 Å². The van der Waals surface area contributed by atoms with Gasteiger partial charge in [0.25, 0.3) is 0 Å². The normalized spacial score (nSPS) is 11.4. The van der Waals surface area contributed by atoms with Crippen molar-refractivity contribution in [3.05, 3.63) is 58.9 Å². The van der Waals surface area contributed by atoms with Gasteiger partial charge in [-0.15, -0.1) is 0 Å². The van der Waals surface area contributed by atoms with E-state index in [1.54, 1.807) is 30.3 Å². The molecular formula is C15H15ClFNO2S. The third kappa shape index (κ3) is 3.95. The first-order chi connectivity index (χ1) is 9.77. The van der Waals surface area contributed by atoms with Gasteiger partial charge in [-0.25, -0.2) is 12.8 Å². The second-order valence-corrected chi connectivity index (χ2v) is 7.28. The number of nitrogens with zero attached hydrogens (tertiary/aromatic N) is 1. The Morgan fingerprint density at radius 3 is 2.29 bits per heavy atom. The molecule has 0 atom stereocenters. The minimum absolute atomic E-state index is 0.277. The summed E-state index contributed by atoms with van der Waals surface area (Å²) in [7, 11) is -1.34. The van der Waals surface area contributed by atoms with Gasteiger partial charge in [0.2, 0.25) is 0 Å². The van der Waals surface area contributed by atoms with Crippen molar-refractivity contribution < 1.29 is 12.8 Å². The number of hydrogen-bond acceptors (Lipinski definition) is 3. The average Bonchev–Trinajstić information content (AvgIpc) is 2.41. The quantitative estimate of drug-likeness (QED) is 0.862. The van der Waals surface area contributed by atoms with E-state index >= 15 is 0 Å². The zero-order valence-electron chi connectivity index (χ0n) is 11.7. The molecule has 21 heavy (non-hydrogen) atoms. The number of anilines is 1. The zero-order chi connectivity index (χ0) is 15.6. The fourth-order valence-electron chi connectivity index (χ4n) is 1.94. The van der Waals surface area contributed by atoms with Gasteiger partial charge in [0, 0.05) is 30.6 Å². The summed E-state index contributed by atoms with van der Waals surface area (Å²) in [6, 6.07) is 10.9. The maximum Gasteiger partial charge on any atom is 0.175 e. The minimum Gasteiger partial charge on any atom is -0.370 e. The van der Waals surface area contributed by atoms with E-state index in [0.717, 1.165) is 11.3 Å². The highest BCUT2D eigenvalue weighted by Crippen LogP contribution is 2.22. The van der Waals surface area contributed by atoms with Crippen LogP contribution in [0.15, 0.2) is 47.4 Å². The number of sulfone groups is 1. The second kappa shape index (κ2) is 6.03. The molecule has 112 valence electrons. The van der Waals surface area contributed by atoms with E-state index in [2.05, 4.69) is 0 Å². The highest BCUT2D eigenvalue weighted by Gasteiger charge is 2.09. The van der Waals surface area contributed by atoms with Gasteiger partial charge in [0.05, 0.1) is 4.90 Å². The van der Waals surface area contributed by atoms with Gasteiger partial charge >= 0.3 is 0 Å². The topological polar surface area (TPSA) is 37.4 Å². The van der Waals surface area contributed by atoms with Crippen molar-refractivity contribution in [3.8, 4) is 0 Å². The summed E-state index contributed by atoms with van der Waals surface area (Å²) in [5, 5.41) is 0.370. The molecule has 0 amide bonds. The van der Waals surface area contributed by atoms with Crippen LogP contribution in [0, 0.1) is 5.82 Å². The van der Waals surface area contributed by atoms with Crippen molar-refractivity contribution in [2.45, 2.75) is 11.4 Å². The van der Waals surface area contributed by atoms with Crippen molar-refractivity contribution in [1.29, 1.82) is 0 Å². The molecule has 0 aliphatic carbocycles. The predicted octanol–water partition coefficient (Wildman–Crippen LogP) is 3.52. The molecule has 0 unspecified atom stereocenters. The maximum atomic E-state index is 13.0. The first-order valence-corrected chi connectivity index (χ1v) is 8.49. The Hall–Kier alpha value is -1.59. The van der Waals surface area contributed by atoms with Gasteiger partial charge in [-0.1, -0.05) is 17.7 Å². The summed E-state index contributed by atoms with van der Waals surface area (Å²) in [5.74, 6) is -0.371. The first-order valence-electron chi connectivity index (χ1n) is 6.22. The molecule has 0 N–H and O–H groups in total. The van der Waals surface area contributed by atoms with Gasteiger partial charge in [-0.05, 0) is 42.0 Å². The maximum absolute atomic E-state index is 13.0. The molecule has 6 heteroatoms. The molecule has 0 saturated heterocycles. The SMILES string of the molecule is CN(Cc1ccc(F)cc1Cl)c1ccc(S(C)(=O)=O)cc1. The molecule has 0 bridgehead atoms. The van der Waals surface area contributed by atoms with E-state index in [1.807, 2.05) is 11.9 Å².